The maximum atomic E-state index is 12.4. The Morgan fingerprint density at radius 1 is 1.16 bits per heavy atom. The fraction of sp³-hybridized carbons (Fsp3) is 0.200. The molecule has 0 spiro atoms. The van der Waals surface area contributed by atoms with Crippen molar-refractivity contribution in [2.24, 2.45) is 0 Å². The van der Waals surface area contributed by atoms with Gasteiger partial charge in [0.1, 0.15) is 5.82 Å². The van der Waals surface area contributed by atoms with Crippen LogP contribution in [-0.2, 0) is 10.2 Å². The Labute approximate surface area is 117 Å². The Kier molecular flexibility index (Phi) is 3.86. The van der Waals surface area contributed by atoms with Crippen molar-refractivity contribution >= 4 is 23.3 Å². The first-order valence-corrected chi connectivity index (χ1v) is 6.37. The van der Waals surface area contributed by atoms with E-state index in [0.29, 0.717) is 10.8 Å². The summed E-state index contributed by atoms with van der Waals surface area (Å²) in [6.07, 6.45) is 1.64. The number of halogens is 1. The van der Waals surface area contributed by atoms with Crippen molar-refractivity contribution in [3.8, 4) is 0 Å². The zero-order valence-electron chi connectivity index (χ0n) is 10.9. The number of carbonyl (C=O) groups excluding carboxylic acids is 1. The molecule has 98 valence electrons. The molecule has 0 saturated carbocycles. The van der Waals surface area contributed by atoms with Crippen molar-refractivity contribution in [1.82, 2.24) is 4.98 Å². The number of nitrogens with one attached hydrogen (secondary N) is 1. The number of aromatic nitrogens is 1. The summed E-state index contributed by atoms with van der Waals surface area (Å²) in [4.78, 5) is 16.5. The molecule has 0 saturated heterocycles. The van der Waals surface area contributed by atoms with Gasteiger partial charge in [0, 0.05) is 11.2 Å². The van der Waals surface area contributed by atoms with Crippen LogP contribution in [0, 0.1) is 0 Å². The van der Waals surface area contributed by atoms with Crippen LogP contribution < -0.4 is 5.32 Å². The van der Waals surface area contributed by atoms with Gasteiger partial charge in [0.25, 0.3) is 0 Å². The second-order valence-electron chi connectivity index (χ2n) is 4.77. The molecule has 1 N–H and O–H groups in total. The minimum atomic E-state index is -0.726. The number of amides is 1. The molecule has 0 bridgehead atoms. The smallest absolute Gasteiger partial charge is 0.235 e. The normalized spacial score (nSPS) is 11.1. The van der Waals surface area contributed by atoms with Gasteiger partial charge in [0.05, 0.1) is 5.41 Å². The molecule has 1 heterocycles. The number of nitrogens with zero attached hydrogens (tertiary/aromatic N) is 1. The molecule has 0 aliphatic heterocycles. The monoisotopic (exact) mass is 274 g/mol. The van der Waals surface area contributed by atoms with E-state index in [1.54, 1.807) is 24.4 Å². The Morgan fingerprint density at radius 3 is 2.47 bits per heavy atom. The first-order valence-electron chi connectivity index (χ1n) is 5.99. The Morgan fingerprint density at radius 2 is 1.84 bits per heavy atom. The molecule has 0 radical (unpaired) electrons. The summed E-state index contributed by atoms with van der Waals surface area (Å²) >= 11 is 6.16. The topological polar surface area (TPSA) is 42.0 Å². The second-order valence-corrected chi connectivity index (χ2v) is 5.18. The Balaban J connectivity index is 2.25. The Bertz CT molecular complexity index is 582. The molecular weight excluding hydrogens is 260 g/mol. The third-order valence-corrected chi connectivity index (χ3v) is 3.35. The number of benzene rings is 1. The number of rotatable bonds is 3. The van der Waals surface area contributed by atoms with E-state index in [1.165, 1.54) is 0 Å². The number of pyridine rings is 1. The number of anilines is 1. The minimum Gasteiger partial charge on any atom is -0.310 e. The molecule has 1 aromatic heterocycles. The van der Waals surface area contributed by atoms with Crippen LogP contribution in [0.5, 0.6) is 0 Å². The number of hydrogen-bond acceptors (Lipinski definition) is 2. The standard InChI is InChI=1S/C15H15ClN2O/c1-15(2,11-7-3-4-8-12(11)16)14(19)18-13-9-5-6-10-17-13/h3-10H,1-2H3,(H,17,18,19). The van der Waals surface area contributed by atoms with Crippen molar-refractivity contribution in [3.05, 3.63) is 59.2 Å². The summed E-state index contributed by atoms with van der Waals surface area (Å²) in [5, 5.41) is 3.39. The molecule has 0 fully saturated rings. The second kappa shape index (κ2) is 5.41. The van der Waals surface area contributed by atoms with E-state index in [2.05, 4.69) is 10.3 Å². The van der Waals surface area contributed by atoms with Crippen LogP contribution in [0.15, 0.2) is 48.7 Å². The van der Waals surface area contributed by atoms with Crippen LogP contribution in [0.4, 0.5) is 5.82 Å². The quantitative estimate of drug-likeness (QED) is 0.928. The molecule has 0 unspecified atom stereocenters. The summed E-state index contributed by atoms with van der Waals surface area (Å²) in [5.41, 5.74) is 0.0701. The SMILES string of the molecule is CC(C)(C(=O)Nc1ccccn1)c1ccccc1Cl. The van der Waals surface area contributed by atoms with Crippen molar-refractivity contribution in [3.63, 3.8) is 0 Å². The molecule has 0 aliphatic rings. The highest BCUT2D eigenvalue weighted by atomic mass is 35.5. The van der Waals surface area contributed by atoms with E-state index in [4.69, 9.17) is 11.6 Å². The summed E-state index contributed by atoms with van der Waals surface area (Å²) in [6, 6.07) is 12.7. The van der Waals surface area contributed by atoms with Gasteiger partial charge in [-0.1, -0.05) is 35.9 Å². The lowest BCUT2D eigenvalue weighted by molar-refractivity contribution is -0.120. The third-order valence-electron chi connectivity index (χ3n) is 3.02. The van der Waals surface area contributed by atoms with E-state index in [9.17, 15) is 4.79 Å². The van der Waals surface area contributed by atoms with Crippen LogP contribution >= 0.6 is 11.6 Å². The van der Waals surface area contributed by atoms with E-state index in [-0.39, 0.29) is 5.91 Å². The van der Waals surface area contributed by atoms with Gasteiger partial charge in [-0.2, -0.15) is 0 Å². The zero-order chi connectivity index (χ0) is 13.9. The molecule has 4 heteroatoms. The molecule has 1 aromatic carbocycles. The van der Waals surface area contributed by atoms with Crippen molar-refractivity contribution in [2.45, 2.75) is 19.3 Å². The summed E-state index contributed by atoms with van der Waals surface area (Å²) in [5.74, 6) is 0.395. The van der Waals surface area contributed by atoms with Gasteiger partial charge in [-0.05, 0) is 37.6 Å². The molecule has 2 aromatic rings. The highest BCUT2D eigenvalue weighted by Gasteiger charge is 2.31. The van der Waals surface area contributed by atoms with Crippen LogP contribution in [-0.4, -0.2) is 10.9 Å². The maximum absolute atomic E-state index is 12.4. The number of hydrogen-bond donors (Lipinski definition) is 1. The first-order chi connectivity index (χ1) is 9.01. The van der Waals surface area contributed by atoms with E-state index in [1.807, 2.05) is 38.1 Å². The van der Waals surface area contributed by atoms with Gasteiger partial charge in [-0.15, -0.1) is 0 Å². The molecule has 1 amide bonds. The van der Waals surface area contributed by atoms with Gasteiger partial charge < -0.3 is 5.32 Å². The van der Waals surface area contributed by atoms with Crippen LogP contribution in [0.25, 0.3) is 0 Å². The van der Waals surface area contributed by atoms with Crippen LogP contribution in [0.3, 0.4) is 0 Å². The number of carbonyl (C=O) groups is 1. The van der Waals surface area contributed by atoms with Crippen molar-refractivity contribution in [1.29, 1.82) is 0 Å². The van der Waals surface area contributed by atoms with E-state index < -0.39 is 5.41 Å². The van der Waals surface area contributed by atoms with Crippen LogP contribution in [0.2, 0.25) is 5.02 Å². The van der Waals surface area contributed by atoms with Gasteiger partial charge in [-0.25, -0.2) is 4.98 Å². The molecular formula is C15H15ClN2O. The lowest BCUT2D eigenvalue weighted by Crippen LogP contribution is -2.35. The van der Waals surface area contributed by atoms with Crippen molar-refractivity contribution in [2.75, 3.05) is 5.32 Å². The first kappa shape index (κ1) is 13.6. The van der Waals surface area contributed by atoms with Crippen LogP contribution in [0.1, 0.15) is 19.4 Å². The predicted molar refractivity (Wildman–Crippen MR) is 77.3 cm³/mol. The molecule has 2 rings (SSSR count). The summed E-state index contributed by atoms with van der Waals surface area (Å²) in [7, 11) is 0. The van der Waals surface area contributed by atoms with Gasteiger partial charge >= 0.3 is 0 Å². The highest BCUT2D eigenvalue weighted by Crippen LogP contribution is 2.30. The largest absolute Gasteiger partial charge is 0.310 e. The van der Waals surface area contributed by atoms with Gasteiger partial charge in [-0.3, -0.25) is 4.79 Å². The molecule has 0 atom stereocenters. The fourth-order valence-corrected chi connectivity index (χ4v) is 2.17. The van der Waals surface area contributed by atoms with E-state index >= 15 is 0 Å². The van der Waals surface area contributed by atoms with E-state index in [0.717, 1.165) is 5.56 Å². The lowest BCUT2D eigenvalue weighted by atomic mass is 9.83. The predicted octanol–water partition coefficient (Wildman–Crippen LogP) is 3.65. The zero-order valence-corrected chi connectivity index (χ0v) is 11.6. The summed E-state index contributed by atoms with van der Waals surface area (Å²) in [6.45, 7) is 3.68. The lowest BCUT2D eigenvalue weighted by Gasteiger charge is -2.24. The Hall–Kier alpha value is -1.87. The third kappa shape index (κ3) is 2.93. The molecule has 19 heavy (non-hydrogen) atoms. The van der Waals surface area contributed by atoms with Gasteiger partial charge in [0.2, 0.25) is 5.91 Å². The minimum absolute atomic E-state index is 0.140. The van der Waals surface area contributed by atoms with Gasteiger partial charge in [0.15, 0.2) is 0 Å². The van der Waals surface area contributed by atoms with Crippen molar-refractivity contribution < 1.29 is 4.79 Å². The molecule has 0 aliphatic carbocycles. The maximum Gasteiger partial charge on any atom is 0.235 e. The fourth-order valence-electron chi connectivity index (χ4n) is 1.80. The highest BCUT2D eigenvalue weighted by molar-refractivity contribution is 6.31. The average Bonchev–Trinajstić information content (AvgIpc) is 2.40. The molecule has 3 nitrogen and oxygen atoms in total. The summed E-state index contributed by atoms with van der Waals surface area (Å²) < 4.78 is 0. The average molecular weight is 275 g/mol.